The minimum absolute atomic E-state index is 0.403. The molecule has 0 unspecified atom stereocenters. The Bertz CT molecular complexity index is 398. The van der Waals surface area contributed by atoms with Crippen molar-refractivity contribution < 1.29 is 19.0 Å². The van der Waals surface area contributed by atoms with Gasteiger partial charge in [0.25, 0.3) is 0 Å². The van der Waals surface area contributed by atoms with Crippen LogP contribution in [0.1, 0.15) is 15.9 Å². The van der Waals surface area contributed by atoms with Gasteiger partial charge in [0.2, 0.25) is 0 Å². The Kier molecular flexibility index (Phi) is 2.49. The van der Waals surface area contributed by atoms with Crippen molar-refractivity contribution in [3.8, 4) is 11.5 Å². The van der Waals surface area contributed by atoms with E-state index in [1.807, 2.05) is 6.07 Å². The smallest absolute Gasteiger partial charge is 0.341 e. The first-order valence-corrected chi connectivity index (χ1v) is 4.68. The first-order valence-electron chi connectivity index (χ1n) is 4.68. The first-order chi connectivity index (χ1) is 7.26. The molecule has 1 heterocycles. The Balaban J connectivity index is 2.48. The Morgan fingerprint density at radius 3 is 2.87 bits per heavy atom. The van der Waals surface area contributed by atoms with E-state index >= 15 is 0 Å². The van der Waals surface area contributed by atoms with Gasteiger partial charge in [-0.05, 0) is 12.1 Å². The Hall–Kier alpha value is -1.71. The molecule has 0 aromatic heterocycles. The number of hydrogen-bond acceptors (Lipinski definition) is 4. The Labute approximate surface area is 87.8 Å². The molecular formula is C11H12O4. The van der Waals surface area contributed by atoms with E-state index in [1.54, 1.807) is 6.07 Å². The van der Waals surface area contributed by atoms with Crippen molar-refractivity contribution >= 4 is 5.97 Å². The van der Waals surface area contributed by atoms with Gasteiger partial charge in [0.05, 0.1) is 20.8 Å². The number of rotatable bonds is 2. The lowest BCUT2D eigenvalue weighted by atomic mass is 10.1. The zero-order valence-corrected chi connectivity index (χ0v) is 8.70. The van der Waals surface area contributed by atoms with Gasteiger partial charge in [-0.2, -0.15) is 0 Å². The number of benzene rings is 1. The van der Waals surface area contributed by atoms with Crippen molar-refractivity contribution in [2.24, 2.45) is 0 Å². The first kappa shape index (κ1) is 9.83. The highest BCUT2D eigenvalue weighted by atomic mass is 16.5. The van der Waals surface area contributed by atoms with E-state index < -0.39 is 5.97 Å². The summed E-state index contributed by atoms with van der Waals surface area (Å²) in [6.45, 7) is 0.656. The topological polar surface area (TPSA) is 44.8 Å². The maximum atomic E-state index is 11.4. The number of hydrogen-bond donors (Lipinski definition) is 0. The maximum Gasteiger partial charge on any atom is 0.341 e. The summed E-state index contributed by atoms with van der Waals surface area (Å²) < 4.78 is 15.2. The average molecular weight is 208 g/mol. The summed E-state index contributed by atoms with van der Waals surface area (Å²) in [6, 6.07) is 3.50. The van der Waals surface area contributed by atoms with Crippen LogP contribution in [0.15, 0.2) is 12.1 Å². The molecule has 1 aromatic carbocycles. The molecular weight excluding hydrogens is 196 g/mol. The van der Waals surface area contributed by atoms with Crippen LogP contribution in [0.5, 0.6) is 11.5 Å². The lowest BCUT2D eigenvalue weighted by Gasteiger charge is -2.08. The van der Waals surface area contributed by atoms with Crippen LogP contribution in [-0.2, 0) is 11.2 Å². The number of esters is 1. The molecule has 0 saturated heterocycles. The van der Waals surface area contributed by atoms with E-state index in [1.165, 1.54) is 14.2 Å². The molecule has 4 nitrogen and oxygen atoms in total. The van der Waals surface area contributed by atoms with Gasteiger partial charge in [0, 0.05) is 12.0 Å². The van der Waals surface area contributed by atoms with Crippen molar-refractivity contribution in [1.29, 1.82) is 0 Å². The van der Waals surface area contributed by atoms with Gasteiger partial charge >= 0.3 is 5.97 Å². The fourth-order valence-corrected chi connectivity index (χ4v) is 1.64. The summed E-state index contributed by atoms with van der Waals surface area (Å²) >= 11 is 0. The van der Waals surface area contributed by atoms with Crippen LogP contribution in [0.25, 0.3) is 0 Å². The monoisotopic (exact) mass is 208 g/mol. The molecule has 1 aliphatic heterocycles. The fraction of sp³-hybridized carbons (Fsp3) is 0.364. The van der Waals surface area contributed by atoms with E-state index in [4.69, 9.17) is 9.47 Å². The summed E-state index contributed by atoms with van der Waals surface area (Å²) in [4.78, 5) is 11.4. The fourth-order valence-electron chi connectivity index (χ4n) is 1.64. The number of methoxy groups -OCH3 is 2. The van der Waals surface area contributed by atoms with Gasteiger partial charge in [-0.25, -0.2) is 4.79 Å². The average Bonchev–Trinajstić information content (AvgIpc) is 2.73. The molecule has 0 amide bonds. The van der Waals surface area contributed by atoms with E-state index in [0.717, 1.165) is 17.7 Å². The molecule has 0 spiro atoms. The molecule has 2 rings (SSSR count). The van der Waals surface area contributed by atoms with Gasteiger partial charge in [-0.3, -0.25) is 0 Å². The van der Waals surface area contributed by atoms with E-state index in [2.05, 4.69) is 4.74 Å². The van der Waals surface area contributed by atoms with Crippen LogP contribution in [0, 0.1) is 0 Å². The number of ether oxygens (including phenoxy) is 3. The minimum Gasteiger partial charge on any atom is -0.496 e. The van der Waals surface area contributed by atoms with Crippen molar-refractivity contribution in [1.82, 2.24) is 0 Å². The third-order valence-electron chi connectivity index (χ3n) is 2.42. The molecule has 0 radical (unpaired) electrons. The van der Waals surface area contributed by atoms with E-state index in [9.17, 15) is 4.79 Å². The molecule has 0 fully saturated rings. The van der Waals surface area contributed by atoms with Crippen LogP contribution in [0.2, 0.25) is 0 Å². The highest BCUT2D eigenvalue weighted by molar-refractivity contribution is 5.93. The van der Waals surface area contributed by atoms with Gasteiger partial charge in [0.1, 0.15) is 17.1 Å². The second-order valence-electron chi connectivity index (χ2n) is 3.25. The molecule has 1 aliphatic rings. The number of carbonyl (C=O) groups excluding carboxylic acids is 1. The number of fused-ring (bicyclic) bond motifs is 1. The Morgan fingerprint density at radius 2 is 2.20 bits per heavy atom. The van der Waals surface area contributed by atoms with Crippen molar-refractivity contribution in [2.45, 2.75) is 6.42 Å². The molecule has 15 heavy (non-hydrogen) atoms. The van der Waals surface area contributed by atoms with Gasteiger partial charge in [-0.15, -0.1) is 0 Å². The van der Waals surface area contributed by atoms with Crippen LogP contribution in [0.4, 0.5) is 0 Å². The highest BCUT2D eigenvalue weighted by Gasteiger charge is 2.20. The summed E-state index contributed by atoms with van der Waals surface area (Å²) in [6.07, 6.45) is 0.854. The van der Waals surface area contributed by atoms with Gasteiger partial charge in [0.15, 0.2) is 0 Å². The third kappa shape index (κ3) is 1.63. The SMILES string of the molecule is COC(=O)c1cc2c(cc1OC)CCO2. The number of carbonyl (C=O) groups is 1. The Morgan fingerprint density at radius 1 is 1.40 bits per heavy atom. The van der Waals surface area contributed by atoms with Crippen LogP contribution >= 0.6 is 0 Å². The van der Waals surface area contributed by atoms with Crippen molar-refractivity contribution in [2.75, 3.05) is 20.8 Å². The molecule has 1 aromatic rings. The third-order valence-corrected chi connectivity index (χ3v) is 2.42. The predicted octanol–water partition coefficient (Wildman–Crippen LogP) is 1.42. The summed E-state index contributed by atoms with van der Waals surface area (Å²) in [5, 5.41) is 0. The molecule has 80 valence electrons. The van der Waals surface area contributed by atoms with Crippen LogP contribution < -0.4 is 9.47 Å². The van der Waals surface area contributed by atoms with E-state index in [-0.39, 0.29) is 0 Å². The quantitative estimate of drug-likeness (QED) is 0.689. The molecule has 0 aliphatic carbocycles. The molecule has 4 heteroatoms. The zero-order chi connectivity index (χ0) is 10.8. The predicted molar refractivity (Wildman–Crippen MR) is 53.5 cm³/mol. The molecule has 0 bridgehead atoms. The summed E-state index contributed by atoms with van der Waals surface area (Å²) in [5.41, 5.74) is 1.47. The van der Waals surface area contributed by atoms with Crippen LogP contribution in [-0.4, -0.2) is 26.8 Å². The highest BCUT2D eigenvalue weighted by Crippen LogP contribution is 2.32. The van der Waals surface area contributed by atoms with E-state index in [0.29, 0.717) is 17.9 Å². The molecule has 0 saturated carbocycles. The maximum absolute atomic E-state index is 11.4. The lowest BCUT2D eigenvalue weighted by Crippen LogP contribution is -2.04. The minimum atomic E-state index is -0.412. The molecule has 0 atom stereocenters. The molecule has 0 N–H and O–H groups in total. The second-order valence-corrected chi connectivity index (χ2v) is 3.25. The lowest BCUT2D eigenvalue weighted by molar-refractivity contribution is 0.0596. The normalized spacial score (nSPS) is 12.9. The van der Waals surface area contributed by atoms with Crippen LogP contribution in [0.3, 0.4) is 0 Å². The summed E-state index contributed by atoms with van der Waals surface area (Å²) in [7, 11) is 2.87. The zero-order valence-electron chi connectivity index (χ0n) is 8.70. The standard InChI is InChI=1S/C11H12O4/c1-13-10-5-7-3-4-15-9(7)6-8(10)11(12)14-2/h5-6H,3-4H2,1-2H3. The van der Waals surface area contributed by atoms with Gasteiger partial charge in [-0.1, -0.05) is 0 Å². The summed E-state index contributed by atoms with van der Waals surface area (Å²) in [5.74, 6) is 0.868. The second kappa shape index (κ2) is 3.81. The van der Waals surface area contributed by atoms with Crippen molar-refractivity contribution in [3.05, 3.63) is 23.3 Å². The largest absolute Gasteiger partial charge is 0.496 e. The van der Waals surface area contributed by atoms with Gasteiger partial charge < -0.3 is 14.2 Å². The van der Waals surface area contributed by atoms with Crippen molar-refractivity contribution in [3.63, 3.8) is 0 Å².